The molecule has 0 aromatic heterocycles. The first-order chi connectivity index (χ1) is 9.60. The van der Waals surface area contributed by atoms with E-state index < -0.39 is 0 Å². The molecule has 0 aliphatic rings. The first-order valence-electron chi connectivity index (χ1n) is 8.40. The minimum absolute atomic E-state index is 0.625. The van der Waals surface area contributed by atoms with E-state index >= 15 is 0 Å². The van der Waals surface area contributed by atoms with Crippen molar-refractivity contribution in [2.45, 2.75) is 72.8 Å². The molecule has 0 saturated heterocycles. The van der Waals surface area contributed by atoms with Gasteiger partial charge in [0.15, 0.2) is 0 Å². The maximum absolute atomic E-state index is 3.76. The van der Waals surface area contributed by atoms with Crippen LogP contribution in [0, 0.1) is 19.8 Å². The maximum Gasteiger partial charge on any atom is 0.0110 e. The van der Waals surface area contributed by atoms with E-state index in [9.17, 15) is 0 Å². The molecule has 0 heterocycles. The van der Waals surface area contributed by atoms with Crippen molar-refractivity contribution in [2.75, 3.05) is 6.54 Å². The lowest BCUT2D eigenvalue weighted by Gasteiger charge is -2.24. The molecule has 0 bridgehead atoms. The predicted molar refractivity (Wildman–Crippen MR) is 90.4 cm³/mol. The Morgan fingerprint density at radius 3 is 2.35 bits per heavy atom. The molecule has 1 atom stereocenters. The van der Waals surface area contributed by atoms with Crippen LogP contribution in [0.4, 0.5) is 0 Å². The molecule has 0 saturated carbocycles. The van der Waals surface area contributed by atoms with Crippen LogP contribution in [0.15, 0.2) is 18.2 Å². The average Bonchev–Trinajstić information content (AvgIpc) is 2.45. The molecule has 1 aromatic carbocycles. The zero-order chi connectivity index (χ0) is 15.0. The third-order valence-corrected chi connectivity index (χ3v) is 4.43. The molecule has 1 nitrogen and oxygen atoms in total. The van der Waals surface area contributed by atoms with Crippen molar-refractivity contribution in [2.24, 2.45) is 5.92 Å². The summed E-state index contributed by atoms with van der Waals surface area (Å²) < 4.78 is 0. The van der Waals surface area contributed by atoms with Gasteiger partial charge in [0.2, 0.25) is 0 Å². The van der Waals surface area contributed by atoms with Gasteiger partial charge in [0.1, 0.15) is 0 Å². The number of nitrogens with one attached hydrogen (secondary N) is 1. The van der Waals surface area contributed by atoms with E-state index in [0.29, 0.717) is 6.04 Å². The largest absolute Gasteiger partial charge is 0.314 e. The molecule has 0 amide bonds. The first-order valence-corrected chi connectivity index (χ1v) is 8.40. The lowest BCUT2D eigenvalue weighted by molar-refractivity contribution is 0.363. The minimum Gasteiger partial charge on any atom is -0.314 e. The smallest absolute Gasteiger partial charge is 0.0110 e. The molecular formula is C19H33N. The highest BCUT2D eigenvalue weighted by atomic mass is 14.9. The number of aryl methyl sites for hydroxylation is 2. The Balaban J connectivity index is 2.74. The summed E-state index contributed by atoms with van der Waals surface area (Å²) in [7, 11) is 0. The summed E-state index contributed by atoms with van der Waals surface area (Å²) in [5.41, 5.74) is 4.33. The van der Waals surface area contributed by atoms with Crippen molar-refractivity contribution in [1.29, 1.82) is 0 Å². The SMILES string of the molecule is CCCNC(Cc1cc(C)ccc1C)CC(CC)CC. The number of benzene rings is 1. The van der Waals surface area contributed by atoms with E-state index in [1.807, 2.05) is 0 Å². The molecule has 0 radical (unpaired) electrons. The second kappa shape index (κ2) is 9.18. The highest BCUT2D eigenvalue weighted by molar-refractivity contribution is 5.31. The Kier molecular flexibility index (Phi) is 7.91. The van der Waals surface area contributed by atoms with Crippen molar-refractivity contribution in [3.8, 4) is 0 Å². The van der Waals surface area contributed by atoms with Crippen LogP contribution in [0.5, 0.6) is 0 Å². The van der Waals surface area contributed by atoms with Crippen molar-refractivity contribution < 1.29 is 0 Å². The summed E-state index contributed by atoms with van der Waals surface area (Å²) in [5, 5.41) is 3.76. The van der Waals surface area contributed by atoms with Gasteiger partial charge in [-0.3, -0.25) is 0 Å². The molecule has 114 valence electrons. The summed E-state index contributed by atoms with van der Waals surface area (Å²) in [6.07, 6.45) is 6.29. The van der Waals surface area contributed by atoms with E-state index in [0.717, 1.165) is 12.5 Å². The van der Waals surface area contributed by atoms with Gasteiger partial charge in [-0.05, 0) is 56.7 Å². The van der Waals surface area contributed by atoms with Crippen LogP contribution in [0.25, 0.3) is 0 Å². The number of rotatable bonds is 9. The van der Waals surface area contributed by atoms with Crippen LogP contribution in [0.3, 0.4) is 0 Å². The Hall–Kier alpha value is -0.820. The third kappa shape index (κ3) is 5.66. The topological polar surface area (TPSA) is 12.0 Å². The van der Waals surface area contributed by atoms with Crippen molar-refractivity contribution in [1.82, 2.24) is 5.32 Å². The monoisotopic (exact) mass is 275 g/mol. The van der Waals surface area contributed by atoms with Crippen LogP contribution in [-0.4, -0.2) is 12.6 Å². The summed E-state index contributed by atoms with van der Waals surface area (Å²) >= 11 is 0. The molecule has 1 rings (SSSR count). The fraction of sp³-hybridized carbons (Fsp3) is 0.684. The Morgan fingerprint density at radius 1 is 1.05 bits per heavy atom. The number of hydrogen-bond acceptors (Lipinski definition) is 1. The van der Waals surface area contributed by atoms with E-state index in [-0.39, 0.29) is 0 Å². The zero-order valence-electron chi connectivity index (χ0n) is 14.1. The van der Waals surface area contributed by atoms with E-state index in [4.69, 9.17) is 0 Å². The Labute approximate surface area is 126 Å². The Morgan fingerprint density at radius 2 is 1.75 bits per heavy atom. The van der Waals surface area contributed by atoms with E-state index in [2.05, 4.69) is 58.1 Å². The van der Waals surface area contributed by atoms with Gasteiger partial charge in [0.25, 0.3) is 0 Å². The van der Waals surface area contributed by atoms with Crippen molar-refractivity contribution in [3.63, 3.8) is 0 Å². The summed E-state index contributed by atoms with van der Waals surface area (Å²) in [6.45, 7) is 12.5. The average molecular weight is 275 g/mol. The highest BCUT2D eigenvalue weighted by Gasteiger charge is 2.15. The molecule has 1 aromatic rings. The van der Waals surface area contributed by atoms with Crippen molar-refractivity contribution in [3.05, 3.63) is 34.9 Å². The van der Waals surface area contributed by atoms with Crippen LogP contribution in [0.2, 0.25) is 0 Å². The lowest BCUT2D eigenvalue weighted by atomic mass is 9.90. The fourth-order valence-corrected chi connectivity index (χ4v) is 2.90. The zero-order valence-corrected chi connectivity index (χ0v) is 14.1. The standard InChI is InChI=1S/C19H33N/c1-6-11-20-19(13-17(7-2)8-3)14-18-12-15(4)9-10-16(18)5/h9-10,12,17,19-20H,6-8,11,13-14H2,1-5H3. The second-order valence-corrected chi connectivity index (χ2v) is 6.20. The number of hydrogen-bond donors (Lipinski definition) is 1. The first kappa shape index (κ1) is 17.2. The third-order valence-electron chi connectivity index (χ3n) is 4.43. The van der Waals surface area contributed by atoms with Gasteiger partial charge < -0.3 is 5.32 Å². The van der Waals surface area contributed by atoms with Gasteiger partial charge in [-0.15, -0.1) is 0 Å². The normalized spacial score (nSPS) is 12.9. The van der Waals surface area contributed by atoms with Crippen LogP contribution in [-0.2, 0) is 6.42 Å². The van der Waals surface area contributed by atoms with E-state index in [1.165, 1.54) is 48.8 Å². The van der Waals surface area contributed by atoms with E-state index in [1.54, 1.807) is 0 Å². The lowest BCUT2D eigenvalue weighted by Crippen LogP contribution is -2.34. The Bertz CT molecular complexity index is 379. The molecular weight excluding hydrogens is 242 g/mol. The summed E-state index contributed by atoms with van der Waals surface area (Å²) in [5.74, 6) is 0.856. The molecule has 0 fully saturated rings. The summed E-state index contributed by atoms with van der Waals surface area (Å²) in [4.78, 5) is 0. The van der Waals surface area contributed by atoms with Gasteiger partial charge in [0.05, 0.1) is 0 Å². The van der Waals surface area contributed by atoms with Gasteiger partial charge >= 0.3 is 0 Å². The van der Waals surface area contributed by atoms with Gasteiger partial charge in [-0.25, -0.2) is 0 Å². The van der Waals surface area contributed by atoms with Crippen molar-refractivity contribution >= 4 is 0 Å². The van der Waals surface area contributed by atoms with Gasteiger partial charge in [-0.2, -0.15) is 0 Å². The van der Waals surface area contributed by atoms with Gasteiger partial charge in [-0.1, -0.05) is 57.4 Å². The molecule has 1 heteroatoms. The van der Waals surface area contributed by atoms with Crippen LogP contribution in [0.1, 0.15) is 63.1 Å². The molecule has 20 heavy (non-hydrogen) atoms. The molecule has 0 aliphatic carbocycles. The van der Waals surface area contributed by atoms with Gasteiger partial charge in [0, 0.05) is 6.04 Å². The summed E-state index contributed by atoms with van der Waals surface area (Å²) in [6, 6.07) is 7.47. The van der Waals surface area contributed by atoms with Crippen LogP contribution >= 0.6 is 0 Å². The molecule has 1 unspecified atom stereocenters. The second-order valence-electron chi connectivity index (χ2n) is 6.20. The molecule has 1 N–H and O–H groups in total. The fourth-order valence-electron chi connectivity index (χ4n) is 2.90. The predicted octanol–water partition coefficient (Wildman–Crippen LogP) is 5.04. The maximum atomic E-state index is 3.76. The van der Waals surface area contributed by atoms with Crippen LogP contribution < -0.4 is 5.32 Å². The molecule has 0 spiro atoms. The molecule has 0 aliphatic heterocycles. The highest BCUT2D eigenvalue weighted by Crippen LogP contribution is 2.20. The minimum atomic E-state index is 0.625. The quantitative estimate of drug-likeness (QED) is 0.665.